The minimum Gasteiger partial charge on any atom is -0.465 e. The van der Waals surface area contributed by atoms with Gasteiger partial charge in [0, 0.05) is 11.1 Å². The normalized spacial score (nSPS) is 10.7. The Bertz CT molecular complexity index is 927. The summed E-state index contributed by atoms with van der Waals surface area (Å²) in [6.07, 6.45) is 0. The molecule has 3 aromatic rings. The van der Waals surface area contributed by atoms with Crippen LogP contribution in [0.1, 0.15) is 13.8 Å². The molecule has 0 spiro atoms. The molecule has 2 aromatic heterocycles. The fraction of sp³-hybridized carbons (Fsp3) is 0.333. The fourth-order valence-electron chi connectivity index (χ4n) is 2.41. The van der Waals surface area contributed by atoms with Crippen molar-refractivity contribution in [3.8, 4) is 22.8 Å². The number of esters is 2. The molecule has 0 aliphatic rings. The lowest BCUT2D eigenvalue weighted by atomic mass is 10.1. The standard InChI is InChI=1S/C18H20N6O4S2/c1-3-27-13(25)9-29-17-19-15(21-23-17)11-7-5-6-8-12(11)16-20-18(24-22-16)30-10-14(26)28-4-2/h5-8H,3-4,9-10H2,1-2H3,(H,19,21,23)(H,20,22,24). The van der Waals surface area contributed by atoms with E-state index in [0.717, 1.165) is 11.1 Å². The van der Waals surface area contributed by atoms with Gasteiger partial charge in [0.25, 0.3) is 0 Å². The third kappa shape index (κ3) is 5.83. The van der Waals surface area contributed by atoms with Gasteiger partial charge in [0.1, 0.15) is 0 Å². The first-order chi connectivity index (χ1) is 14.6. The van der Waals surface area contributed by atoms with Crippen LogP contribution in [0.15, 0.2) is 34.6 Å². The summed E-state index contributed by atoms with van der Waals surface area (Å²) in [5.74, 6) is 0.710. The molecule has 1 aromatic carbocycles. The molecule has 12 heteroatoms. The van der Waals surface area contributed by atoms with Crippen LogP contribution in [0, 0.1) is 0 Å². The van der Waals surface area contributed by atoms with Crippen LogP contribution in [-0.2, 0) is 19.1 Å². The van der Waals surface area contributed by atoms with Crippen LogP contribution in [0.25, 0.3) is 22.8 Å². The Morgan fingerprint density at radius 3 is 1.67 bits per heavy atom. The zero-order valence-electron chi connectivity index (χ0n) is 16.4. The average Bonchev–Trinajstić information content (AvgIpc) is 3.41. The minimum absolute atomic E-state index is 0.135. The van der Waals surface area contributed by atoms with Crippen LogP contribution >= 0.6 is 23.5 Å². The van der Waals surface area contributed by atoms with Gasteiger partial charge in [0.05, 0.1) is 24.7 Å². The smallest absolute Gasteiger partial charge is 0.316 e. The van der Waals surface area contributed by atoms with Crippen LogP contribution < -0.4 is 0 Å². The third-order valence-electron chi connectivity index (χ3n) is 3.62. The van der Waals surface area contributed by atoms with Gasteiger partial charge in [-0.2, -0.15) is 0 Å². The van der Waals surface area contributed by atoms with Crippen LogP contribution in [0.3, 0.4) is 0 Å². The zero-order chi connectivity index (χ0) is 21.3. The molecule has 0 radical (unpaired) electrons. The number of carbonyl (C=O) groups excluding carboxylic acids is 2. The van der Waals surface area contributed by atoms with Gasteiger partial charge in [-0.05, 0) is 13.8 Å². The number of nitrogens with zero attached hydrogens (tertiary/aromatic N) is 4. The molecule has 0 saturated heterocycles. The molecule has 30 heavy (non-hydrogen) atoms. The van der Waals surface area contributed by atoms with E-state index < -0.39 is 0 Å². The summed E-state index contributed by atoms with van der Waals surface area (Å²) in [4.78, 5) is 31.9. The first-order valence-electron chi connectivity index (χ1n) is 9.12. The highest BCUT2D eigenvalue weighted by molar-refractivity contribution is 8.00. The molecule has 0 bridgehead atoms. The molecule has 3 rings (SSSR count). The molecule has 0 atom stereocenters. The zero-order valence-corrected chi connectivity index (χ0v) is 18.0. The molecule has 2 heterocycles. The van der Waals surface area contributed by atoms with E-state index in [1.54, 1.807) is 13.8 Å². The van der Waals surface area contributed by atoms with Crippen LogP contribution in [0.2, 0.25) is 0 Å². The highest BCUT2D eigenvalue weighted by Gasteiger charge is 2.16. The topological polar surface area (TPSA) is 136 Å². The van der Waals surface area contributed by atoms with Crippen LogP contribution in [0.5, 0.6) is 0 Å². The van der Waals surface area contributed by atoms with Crippen LogP contribution in [0.4, 0.5) is 0 Å². The van der Waals surface area contributed by atoms with Gasteiger partial charge in [-0.15, -0.1) is 10.2 Å². The maximum Gasteiger partial charge on any atom is 0.316 e. The molecule has 0 unspecified atom stereocenters. The first kappa shape index (κ1) is 21.8. The first-order valence-corrected chi connectivity index (χ1v) is 11.1. The Labute approximate surface area is 180 Å². The van der Waals surface area contributed by atoms with E-state index in [0.29, 0.717) is 35.2 Å². The molecule has 0 fully saturated rings. The number of benzene rings is 1. The summed E-state index contributed by atoms with van der Waals surface area (Å²) in [5.41, 5.74) is 1.54. The van der Waals surface area contributed by atoms with E-state index in [4.69, 9.17) is 9.47 Å². The maximum absolute atomic E-state index is 11.5. The fourth-order valence-corrected chi connectivity index (χ4v) is 3.60. The molecule has 158 valence electrons. The SMILES string of the molecule is CCOC(=O)CSc1n[nH]c(-c2ccccc2-c2nc(SCC(=O)OCC)n[nH]2)n1. The van der Waals surface area contributed by atoms with Gasteiger partial charge in [-0.25, -0.2) is 9.97 Å². The van der Waals surface area contributed by atoms with E-state index in [1.165, 1.54) is 23.5 Å². The molecular formula is C18H20N6O4S2. The van der Waals surface area contributed by atoms with Gasteiger partial charge in [-0.1, -0.05) is 47.8 Å². The van der Waals surface area contributed by atoms with Crippen molar-refractivity contribution in [2.75, 3.05) is 24.7 Å². The van der Waals surface area contributed by atoms with E-state index in [1.807, 2.05) is 24.3 Å². The van der Waals surface area contributed by atoms with E-state index in [-0.39, 0.29) is 23.4 Å². The van der Waals surface area contributed by atoms with E-state index in [2.05, 4.69) is 30.4 Å². The van der Waals surface area contributed by atoms with Gasteiger partial charge in [-0.3, -0.25) is 19.8 Å². The number of thioether (sulfide) groups is 2. The number of aromatic nitrogens is 6. The second-order valence-electron chi connectivity index (χ2n) is 5.67. The van der Waals surface area contributed by atoms with Crippen molar-refractivity contribution >= 4 is 35.5 Å². The second kappa shape index (κ2) is 10.8. The van der Waals surface area contributed by atoms with Crippen molar-refractivity contribution in [3.63, 3.8) is 0 Å². The number of rotatable bonds is 10. The number of nitrogens with one attached hydrogen (secondary N) is 2. The lowest BCUT2D eigenvalue weighted by molar-refractivity contribution is -0.140. The summed E-state index contributed by atoms with van der Waals surface area (Å²) < 4.78 is 9.81. The highest BCUT2D eigenvalue weighted by Crippen LogP contribution is 2.29. The van der Waals surface area contributed by atoms with Crippen molar-refractivity contribution in [2.45, 2.75) is 24.2 Å². The van der Waals surface area contributed by atoms with Gasteiger partial charge >= 0.3 is 11.9 Å². The summed E-state index contributed by atoms with van der Waals surface area (Å²) >= 11 is 2.38. The third-order valence-corrected chi connectivity index (χ3v) is 5.26. The van der Waals surface area contributed by atoms with Crippen molar-refractivity contribution in [1.29, 1.82) is 0 Å². The second-order valence-corrected chi connectivity index (χ2v) is 7.55. The van der Waals surface area contributed by atoms with Crippen molar-refractivity contribution in [1.82, 2.24) is 30.4 Å². The van der Waals surface area contributed by atoms with Crippen molar-refractivity contribution in [3.05, 3.63) is 24.3 Å². The molecule has 0 amide bonds. The van der Waals surface area contributed by atoms with Crippen molar-refractivity contribution < 1.29 is 19.1 Å². The number of ether oxygens (including phenoxy) is 2. The largest absolute Gasteiger partial charge is 0.465 e. The van der Waals surface area contributed by atoms with E-state index in [9.17, 15) is 9.59 Å². The quantitative estimate of drug-likeness (QED) is 0.352. The summed E-state index contributed by atoms with van der Waals surface area (Å²) in [6, 6.07) is 7.51. The Kier molecular flexibility index (Phi) is 7.85. The maximum atomic E-state index is 11.5. The number of hydrogen-bond acceptors (Lipinski definition) is 10. The van der Waals surface area contributed by atoms with Crippen LogP contribution in [-0.4, -0.2) is 67.0 Å². The average molecular weight is 449 g/mol. The number of aromatic amines is 2. The molecule has 0 aliphatic carbocycles. The number of hydrogen-bond donors (Lipinski definition) is 2. The van der Waals surface area contributed by atoms with Gasteiger partial charge < -0.3 is 9.47 Å². The Morgan fingerprint density at radius 1 is 0.833 bits per heavy atom. The summed E-state index contributed by atoms with van der Waals surface area (Å²) in [5, 5.41) is 15.0. The Balaban J connectivity index is 1.73. The molecule has 10 nitrogen and oxygen atoms in total. The lowest BCUT2D eigenvalue weighted by Crippen LogP contribution is -2.06. The van der Waals surface area contributed by atoms with Crippen molar-refractivity contribution in [2.24, 2.45) is 0 Å². The summed E-state index contributed by atoms with van der Waals surface area (Å²) in [6.45, 7) is 4.19. The predicted octanol–water partition coefficient (Wildman–Crippen LogP) is 2.57. The Hall–Kier alpha value is -2.86. The highest BCUT2D eigenvalue weighted by atomic mass is 32.2. The lowest BCUT2D eigenvalue weighted by Gasteiger charge is -2.03. The summed E-state index contributed by atoms with van der Waals surface area (Å²) in [7, 11) is 0. The molecular weight excluding hydrogens is 428 g/mol. The Morgan fingerprint density at radius 2 is 1.27 bits per heavy atom. The molecule has 2 N–H and O–H groups in total. The molecule has 0 aliphatic heterocycles. The molecule has 0 saturated carbocycles. The van der Waals surface area contributed by atoms with Gasteiger partial charge in [0.15, 0.2) is 11.6 Å². The van der Waals surface area contributed by atoms with Gasteiger partial charge in [0.2, 0.25) is 10.3 Å². The van der Waals surface area contributed by atoms with E-state index >= 15 is 0 Å². The number of H-pyrrole nitrogens is 2. The minimum atomic E-state index is -0.316. The predicted molar refractivity (Wildman–Crippen MR) is 112 cm³/mol. The monoisotopic (exact) mass is 448 g/mol. The number of carbonyl (C=O) groups is 2.